The summed E-state index contributed by atoms with van der Waals surface area (Å²) in [5, 5.41) is 3.59. The van der Waals surface area contributed by atoms with Crippen molar-refractivity contribution < 1.29 is 4.74 Å². The maximum absolute atomic E-state index is 6.83. The van der Waals surface area contributed by atoms with E-state index in [-0.39, 0.29) is 11.3 Å². The number of para-hydroxylation sites is 4. The molecule has 3 heterocycles. The van der Waals surface area contributed by atoms with Gasteiger partial charge in [-0.25, -0.2) is 4.98 Å². The Morgan fingerprint density at radius 2 is 1.19 bits per heavy atom. The van der Waals surface area contributed by atoms with Crippen LogP contribution in [0.4, 0.5) is 0 Å². The van der Waals surface area contributed by atoms with E-state index < -0.39 is 0 Å². The normalized spacial score (nSPS) is 19.4. The molecule has 9 aromatic rings. The van der Waals surface area contributed by atoms with Gasteiger partial charge in [0, 0.05) is 33.7 Å². The number of ether oxygens (including phenoxy) is 1. The lowest BCUT2D eigenvalue weighted by Crippen LogP contribution is -2.37. The molecule has 0 amide bonds. The van der Waals surface area contributed by atoms with Crippen LogP contribution >= 0.6 is 0 Å². The summed E-state index contributed by atoms with van der Waals surface area (Å²) in [6, 6.07) is 57.4. The van der Waals surface area contributed by atoms with E-state index in [0.29, 0.717) is 5.92 Å². The number of rotatable bonds is 2. The molecule has 1 aliphatic heterocycles. The summed E-state index contributed by atoms with van der Waals surface area (Å²) in [5.41, 5.74) is 13.8. The molecule has 3 heteroatoms. The van der Waals surface area contributed by atoms with Gasteiger partial charge in [-0.1, -0.05) is 140 Å². The van der Waals surface area contributed by atoms with E-state index in [4.69, 9.17) is 9.72 Å². The maximum atomic E-state index is 6.83. The molecule has 7 aromatic carbocycles. The van der Waals surface area contributed by atoms with E-state index in [1.54, 1.807) is 0 Å². The van der Waals surface area contributed by atoms with Crippen LogP contribution in [-0.4, -0.2) is 9.38 Å². The zero-order valence-electron chi connectivity index (χ0n) is 28.8. The van der Waals surface area contributed by atoms with E-state index in [1.807, 2.05) is 0 Å². The van der Waals surface area contributed by atoms with Gasteiger partial charge >= 0.3 is 0 Å². The van der Waals surface area contributed by atoms with Gasteiger partial charge in [0.15, 0.2) is 0 Å². The standard InChI is InChI=1S/C50H32N2O/c1-4-17-40-36(14-1)37-15-2-5-18-41(37)50(40)42-19-6-10-23-47(42)53-48-30-34(25-27-43(48)50)32-13-11-12-31(28-32)33-24-26-35-38-16-3-8-21-45(38)52-46-22-9-7-20-44(46)51-49(52)39(35)29-33/h1-30,36,40H. The quantitative estimate of drug-likeness (QED) is 0.170. The van der Waals surface area contributed by atoms with Crippen LogP contribution in [0.3, 0.4) is 0 Å². The van der Waals surface area contributed by atoms with Crippen molar-refractivity contribution >= 4 is 38.4 Å². The molecule has 2 aromatic heterocycles. The Morgan fingerprint density at radius 3 is 2.11 bits per heavy atom. The number of benzene rings is 7. The molecule has 2 aliphatic carbocycles. The monoisotopic (exact) mass is 676 g/mol. The molecule has 1 spiro atoms. The second kappa shape index (κ2) is 10.7. The molecule has 0 N–H and O–H groups in total. The number of imidazole rings is 1. The van der Waals surface area contributed by atoms with Gasteiger partial charge in [0.05, 0.1) is 22.0 Å². The Labute approximate surface area is 306 Å². The number of hydrogen-bond acceptors (Lipinski definition) is 2. The SMILES string of the molecule is C1=CC2c3ccccc3C3(c4ccccc4Oc4cc(-c5cccc(-c6ccc7c8ccccc8n8c9ccccc9nc8c7c6)c5)ccc43)C2C=C1. The molecule has 53 heavy (non-hydrogen) atoms. The summed E-state index contributed by atoms with van der Waals surface area (Å²) in [5.74, 6) is 2.43. The first-order valence-corrected chi connectivity index (χ1v) is 18.5. The van der Waals surface area contributed by atoms with Crippen molar-refractivity contribution in [2.45, 2.75) is 11.3 Å². The minimum absolute atomic E-state index is 0.257. The van der Waals surface area contributed by atoms with Crippen molar-refractivity contribution in [3.05, 3.63) is 204 Å². The van der Waals surface area contributed by atoms with Gasteiger partial charge in [0.2, 0.25) is 0 Å². The number of aromatic nitrogens is 2. The van der Waals surface area contributed by atoms with Crippen molar-refractivity contribution in [1.82, 2.24) is 9.38 Å². The fourth-order valence-corrected chi connectivity index (χ4v) is 9.92. The molecule has 3 aliphatic rings. The first-order chi connectivity index (χ1) is 26.3. The Balaban J connectivity index is 1.02. The highest BCUT2D eigenvalue weighted by molar-refractivity contribution is 6.14. The average Bonchev–Trinajstić information content (AvgIpc) is 3.76. The highest BCUT2D eigenvalue weighted by Gasteiger charge is 2.56. The molecular formula is C50H32N2O. The smallest absolute Gasteiger partial charge is 0.146 e. The first kappa shape index (κ1) is 28.9. The van der Waals surface area contributed by atoms with Crippen LogP contribution in [0.25, 0.3) is 60.6 Å². The Kier molecular flexibility index (Phi) is 5.82. The number of nitrogens with zero attached hydrogens (tertiary/aromatic N) is 2. The van der Waals surface area contributed by atoms with Crippen molar-refractivity contribution in [1.29, 1.82) is 0 Å². The fraction of sp³-hybridized carbons (Fsp3) is 0.0600. The van der Waals surface area contributed by atoms with Crippen molar-refractivity contribution in [2.24, 2.45) is 5.92 Å². The van der Waals surface area contributed by atoms with E-state index in [1.165, 1.54) is 44.1 Å². The lowest BCUT2D eigenvalue weighted by atomic mass is 9.62. The third kappa shape index (κ3) is 3.86. The van der Waals surface area contributed by atoms with Gasteiger partial charge in [-0.3, -0.25) is 4.40 Å². The van der Waals surface area contributed by atoms with E-state index in [0.717, 1.165) is 50.3 Å². The molecule has 3 nitrogen and oxygen atoms in total. The van der Waals surface area contributed by atoms with Crippen LogP contribution in [-0.2, 0) is 5.41 Å². The minimum atomic E-state index is -0.342. The van der Waals surface area contributed by atoms with Crippen LogP contribution in [0.1, 0.15) is 28.2 Å². The van der Waals surface area contributed by atoms with Gasteiger partial charge in [-0.2, -0.15) is 0 Å². The Bertz CT molecular complexity index is 3070. The summed E-state index contributed by atoms with van der Waals surface area (Å²) < 4.78 is 9.15. The lowest BCUT2D eigenvalue weighted by Gasteiger charge is -2.43. The highest BCUT2D eigenvalue weighted by atomic mass is 16.5. The van der Waals surface area contributed by atoms with Gasteiger partial charge in [-0.15, -0.1) is 0 Å². The second-order valence-electron chi connectivity index (χ2n) is 14.6. The zero-order chi connectivity index (χ0) is 34.7. The highest BCUT2D eigenvalue weighted by Crippen LogP contribution is 2.64. The molecule has 0 radical (unpaired) electrons. The largest absolute Gasteiger partial charge is 0.457 e. The molecule has 0 bridgehead atoms. The van der Waals surface area contributed by atoms with E-state index >= 15 is 0 Å². The van der Waals surface area contributed by atoms with Gasteiger partial charge in [0.1, 0.15) is 17.1 Å². The maximum Gasteiger partial charge on any atom is 0.146 e. The Hall–Kier alpha value is -6.71. The lowest BCUT2D eigenvalue weighted by molar-refractivity contribution is 0.374. The number of fused-ring (bicyclic) bond motifs is 17. The number of hydrogen-bond donors (Lipinski definition) is 0. The van der Waals surface area contributed by atoms with Gasteiger partial charge in [-0.05, 0) is 81.2 Å². The van der Waals surface area contributed by atoms with Crippen molar-refractivity contribution in [3.8, 4) is 33.8 Å². The molecule has 3 unspecified atom stereocenters. The average molecular weight is 677 g/mol. The molecule has 12 rings (SSSR count). The van der Waals surface area contributed by atoms with Crippen LogP contribution in [0.5, 0.6) is 11.5 Å². The third-order valence-electron chi connectivity index (χ3n) is 12.1. The molecular weight excluding hydrogens is 645 g/mol. The van der Waals surface area contributed by atoms with Crippen LogP contribution < -0.4 is 4.74 Å². The predicted molar refractivity (Wildman–Crippen MR) is 216 cm³/mol. The van der Waals surface area contributed by atoms with Crippen LogP contribution in [0, 0.1) is 5.92 Å². The summed E-state index contributed by atoms with van der Waals surface area (Å²) in [6.07, 6.45) is 9.23. The van der Waals surface area contributed by atoms with E-state index in [2.05, 4.69) is 186 Å². The molecule has 3 atom stereocenters. The summed E-state index contributed by atoms with van der Waals surface area (Å²) in [4.78, 5) is 5.16. The van der Waals surface area contributed by atoms with Crippen LogP contribution in [0.2, 0.25) is 0 Å². The second-order valence-corrected chi connectivity index (χ2v) is 14.6. The minimum Gasteiger partial charge on any atom is -0.457 e. The first-order valence-electron chi connectivity index (χ1n) is 18.5. The van der Waals surface area contributed by atoms with E-state index in [9.17, 15) is 0 Å². The van der Waals surface area contributed by atoms with Crippen molar-refractivity contribution in [2.75, 3.05) is 0 Å². The zero-order valence-corrected chi connectivity index (χ0v) is 28.8. The number of pyridine rings is 1. The van der Waals surface area contributed by atoms with Crippen molar-refractivity contribution in [3.63, 3.8) is 0 Å². The van der Waals surface area contributed by atoms with Gasteiger partial charge < -0.3 is 4.74 Å². The number of allylic oxidation sites excluding steroid dienone is 4. The summed E-state index contributed by atoms with van der Waals surface area (Å²) in [7, 11) is 0. The van der Waals surface area contributed by atoms with Gasteiger partial charge in [0.25, 0.3) is 0 Å². The summed E-state index contributed by atoms with van der Waals surface area (Å²) in [6.45, 7) is 0. The van der Waals surface area contributed by atoms with Crippen LogP contribution in [0.15, 0.2) is 182 Å². The molecule has 248 valence electrons. The topological polar surface area (TPSA) is 26.5 Å². The fourth-order valence-electron chi connectivity index (χ4n) is 9.92. The molecule has 0 saturated heterocycles. The third-order valence-corrected chi connectivity index (χ3v) is 12.1. The summed E-state index contributed by atoms with van der Waals surface area (Å²) >= 11 is 0. The Morgan fingerprint density at radius 1 is 0.491 bits per heavy atom. The molecule has 0 fully saturated rings. The molecule has 0 saturated carbocycles. The predicted octanol–water partition coefficient (Wildman–Crippen LogP) is 12.4.